The molecule has 0 spiro atoms. The number of rotatable bonds is 6. The second kappa shape index (κ2) is 7.03. The van der Waals surface area contributed by atoms with Gasteiger partial charge in [-0.05, 0) is 23.8 Å². The second-order valence-corrected chi connectivity index (χ2v) is 3.95. The van der Waals surface area contributed by atoms with E-state index >= 15 is 0 Å². The number of benzene rings is 1. The van der Waals surface area contributed by atoms with E-state index in [-0.39, 0.29) is 0 Å². The quantitative estimate of drug-likeness (QED) is 0.650. The van der Waals surface area contributed by atoms with Gasteiger partial charge >= 0.3 is 5.97 Å². The zero-order chi connectivity index (χ0) is 15.1. The maximum Gasteiger partial charge on any atom is 0.326 e. The van der Waals surface area contributed by atoms with E-state index in [1.54, 1.807) is 0 Å². The van der Waals surface area contributed by atoms with Crippen LogP contribution in [0.15, 0.2) is 30.3 Å². The van der Waals surface area contributed by atoms with Crippen LogP contribution in [0.5, 0.6) is 0 Å². The zero-order valence-corrected chi connectivity index (χ0v) is 10.4. The number of halogens is 1. The average Bonchev–Trinajstić information content (AvgIpc) is 2.36. The van der Waals surface area contributed by atoms with Crippen molar-refractivity contribution < 1.29 is 23.9 Å². The topological polar surface area (TPSA) is 109 Å². The van der Waals surface area contributed by atoms with Crippen molar-refractivity contribution >= 4 is 23.9 Å². The van der Waals surface area contributed by atoms with E-state index < -0.39 is 36.1 Å². The first kappa shape index (κ1) is 15.4. The number of carbonyl (C=O) groups is 3. The Morgan fingerprint density at radius 2 is 1.90 bits per heavy atom. The molecule has 0 saturated heterocycles. The van der Waals surface area contributed by atoms with Crippen molar-refractivity contribution in [3.63, 3.8) is 0 Å². The molecule has 106 valence electrons. The summed E-state index contributed by atoms with van der Waals surface area (Å²) in [6.07, 6.45) is 1.98. The van der Waals surface area contributed by atoms with E-state index in [1.165, 1.54) is 30.3 Å². The first-order chi connectivity index (χ1) is 9.38. The zero-order valence-electron chi connectivity index (χ0n) is 10.4. The summed E-state index contributed by atoms with van der Waals surface area (Å²) in [6, 6.07) is 3.99. The molecule has 0 saturated carbocycles. The van der Waals surface area contributed by atoms with Crippen LogP contribution >= 0.6 is 0 Å². The maximum absolute atomic E-state index is 12.7. The largest absolute Gasteiger partial charge is 0.480 e. The Morgan fingerprint density at radius 3 is 2.40 bits per heavy atom. The molecule has 7 heteroatoms. The van der Waals surface area contributed by atoms with Gasteiger partial charge in [0.2, 0.25) is 11.8 Å². The molecule has 1 aromatic carbocycles. The van der Waals surface area contributed by atoms with Crippen LogP contribution in [0.1, 0.15) is 12.0 Å². The molecular formula is C13H13FN2O4. The van der Waals surface area contributed by atoms with Crippen LogP contribution in [-0.2, 0) is 14.4 Å². The molecule has 0 bridgehead atoms. The van der Waals surface area contributed by atoms with Crippen LogP contribution in [0.2, 0.25) is 0 Å². The van der Waals surface area contributed by atoms with Crippen LogP contribution in [-0.4, -0.2) is 28.9 Å². The molecule has 6 nitrogen and oxygen atoms in total. The minimum atomic E-state index is -1.38. The Bertz CT molecular complexity index is 540. The monoisotopic (exact) mass is 280 g/mol. The van der Waals surface area contributed by atoms with Crippen molar-refractivity contribution in [1.29, 1.82) is 0 Å². The van der Waals surface area contributed by atoms with Gasteiger partial charge in [0.1, 0.15) is 11.9 Å². The van der Waals surface area contributed by atoms with Crippen LogP contribution < -0.4 is 11.1 Å². The predicted octanol–water partition coefficient (Wildman–Crippen LogP) is 0.284. The lowest BCUT2D eigenvalue weighted by atomic mass is 10.2. The third-order valence-corrected chi connectivity index (χ3v) is 2.32. The predicted molar refractivity (Wildman–Crippen MR) is 68.8 cm³/mol. The number of hydrogen-bond donors (Lipinski definition) is 3. The maximum atomic E-state index is 12.7. The second-order valence-electron chi connectivity index (χ2n) is 3.95. The summed E-state index contributed by atoms with van der Waals surface area (Å²) in [4.78, 5) is 32.9. The summed E-state index contributed by atoms with van der Waals surface area (Å²) in [5.74, 6) is -3.28. The Hall–Kier alpha value is -2.70. The van der Waals surface area contributed by atoms with Crippen LogP contribution in [0, 0.1) is 5.82 Å². The van der Waals surface area contributed by atoms with Crippen molar-refractivity contribution in [3.05, 3.63) is 41.7 Å². The Labute approximate surface area is 114 Å². The number of carboxylic acids is 1. The first-order valence-electron chi connectivity index (χ1n) is 5.63. The molecule has 2 amide bonds. The normalized spacial score (nSPS) is 12.1. The number of nitrogens with two attached hydrogens (primary N) is 1. The number of nitrogens with one attached hydrogen (secondary N) is 1. The first-order valence-corrected chi connectivity index (χ1v) is 5.63. The van der Waals surface area contributed by atoms with E-state index in [1.807, 2.05) is 0 Å². The molecule has 1 aromatic rings. The number of amides is 2. The smallest absolute Gasteiger partial charge is 0.326 e. The molecule has 0 aliphatic rings. The number of hydrogen-bond acceptors (Lipinski definition) is 3. The Balaban J connectivity index is 2.63. The van der Waals surface area contributed by atoms with E-state index in [2.05, 4.69) is 5.32 Å². The van der Waals surface area contributed by atoms with Gasteiger partial charge in [0.25, 0.3) is 0 Å². The molecular weight excluding hydrogens is 267 g/mol. The Morgan fingerprint density at radius 1 is 1.30 bits per heavy atom. The van der Waals surface area contributed by atoms with Crippen LogP contribution in [0.25, 0.3) is 6.08 Å². The summed E-state index contributed by atoms with van der Waals surface area (Å²) in [5.41, 5.74) is 5.45. The van der Waals surface area contributed by atoms with Gasteiger partial charge in [0.05, 0.1) is 6.42 Å². The third kappa shape index (κ3) is 5.30. The lowest BCUT2D eigenvalue weighted by molar-refractivity contribution is -0.142. The molecule has 1 rings (SSSR count). The molecule has 1 atom stereocenters. The fourth-order valence-corrected chi connectivity index (χ4v) is 1.37. The van der Waals surface area contributed by atoms with Crippen LogP contribution in [0.4, 0.5) is 4.39 Å². The van der Waals surface area contributed by atoms with Gasteiger partial charge < -0.3 is 16.2 Å². The van der Waals surface area contributed by atoms with Crippen molar-refractivity contribution in [3.8, 4) is 0 Å². The summed E-state index contributed by atoms with van der Waals surface area (Å²) in [5, 5.41) is 10.9. The van der Waals surface area contributed by atoms with Gasteiger partial charge in [-0.15, -0.1) is 0 Å². The molecule has 0 heterocycles. The van der Waals surface area contributed by atoms with Gasteiger partial charge in [-0.3, -0.25) is 9.59 Å². The highest BCUT2D eigenvalue weighted by atomic mass is 19.1. The van der Waals surface area contributed by atoms with Crippen molar-refractivity contribution in [1.82, 2.24) is 5.32 Å². The number of aliphatic carboxylic acids is 1. The van der Waals surface area contributed by atoms with Crippen LogP contribution in [0.3, 0.4) is 0 Å². The minimum absolute atomic E-state index is 0.404. The lowest BCUT2D eigenvalue weighted by Gasteiger charge is -2.10. The third-order valence-electron chi connectivity index (χ3n) is 2.32. The van der Waals surface area contributed by atoms with Crippen molar-refractivity contribution in [2.24, 2.45) is 5.73 Å². The molecule has 0 aromatic heterocycles. The van der Waals surface area contributed by atoms with E-state index in [4.69, 9.17) is 10.8 Å². The fraction of sp³-hybridized carbons (Fsp3) is 0.154. The van der Waals surface area contributed by atoms with Gasteiger partial charge in [0.15, 0.2) is 0 Å². The lowest BCUT2D eigenvalue weighted by Crippen LogP contribution is -2.42. The Kier molecular flexibility index (Phi) is 5.40. The van der Waals surface area contributed by atoms with Gasteiger partial charge in [-0.25, -0.2) is 9.18 Å². The molecule has 0 aliphatic carbocycles. The molecule has 0 aliphatic heterocycles. The van der Waals surface area contributed by atoms with Gasteiger partial charge in [-0.2, -0.15) is 0 Å². The molecule has 4 N–H and O–H groups in total. The summed E-state index contributed by atoms with van der Waals surface area (Å²) < 4.78 is 12.7. The van der Waals surface area contributed by atoms with Gasteiger partial charge in [-0.1, -0.05) is 12.1 Å². The fourth-order valence-electron chi connectivity index (χ4n) is 1.37. The van der Waals surface area contributed by atoms with Crippen molar-refractivity contribution in [2.45, 2.75) is 12.5 Å². The summed E-state index contributed by atoms with van der Waals surface area (Å²) >= 11 is 0. The van der Waals surface area contributed by atoms with Crippen molar-refractivity contribution in [2.75, 3.05) is 0 Å². The standard InChI is InChI=1S/C13H13FN2O4/c14-9-4-1-8(2-5-9)3-6-12(18)16-10(13(19)20)7-11(15)17/h1-6,10H,7H2,(H2,15,17)(H,16,18)(H,19,20)/t10-/m0/s1. The molecule has 20 heavy (non-hydrogen) atoms. The average molecular weight is 280 g/mol. The molecule has 0 radical (unpaired) electrons. The SMILES string of the molecule is NC(=O)C[C@H](NC(=O)C=Cc1ccc(F)cc1)C(=O)O. The van der Waals surface area contributed by atoms with E-state index in [9.17, 15) is 18.8 Å². The number of carbonyl (C=O) groups excluding carboxylic acids is 2. The summed E-state index contributed by atoms with van der Waals surface area (Å²) in [7, 11) is 0. The number of primary amides is 1. The number of carboxylic acid groups (broad SMARTS) is 1. The van der Waals surface area contributed by atoms with Gasteiger partial charge in [0, 0.05) is 6.08 Å². The highest BCUT2D eigenvalue weighted by Gasteiger charge is 2.20. The minimum Gasteiger partial charge on any atom is -0.480 e. The highest BCUT2D eigenvalue weighted by Crippen LogP contribution is 2.04. The van der Waals surface area contributed by atoms with E-state index in [0.717, 1.165) is 6.08 Å². The molecule has 0 unspecified atom stereocenters. The summed E-state index contributed by atoms with van der Waals surface area (Å²) in [6.45, 7) is 0. The van der Waals surface area contributed by atoms with E-state index in [0.29, 0.717) is 5.56 Å². The highest BCUT2D eigenvalue weighted by molar-refractivity contribution is 5.95. The molecule has 0 fully saturated rings.